The number of carbonyl (C=O) groups excluding carboxylic acids is 1. The first kappa shape index (κ1) is 15.4. The molecule has 122 valence electrons. The summed E-state index contributed by atoms with van der Waals surface area (Å²) in [4.78, 5) is 14.6. The van der Waals surface area contributed by atoms with Gasteiger partial charge in [-0.2, -0.15) is 0 Å². The quantitative estimate of drug-likeness (QED) is 0.533. The van der Waals surface area contributed by atoms with Gasteiger partial charge in [0, 0.05) is 23.4 Å². The van der Waals surface area contributed by atoms with E-state index in [9.17, 15) is 4.79 Å². The van der Waals surface area contributed by atoms with Crippen LogP contribution >= 0.6 is 11.3 Å². The molecule has 0 saturated heterocycles. The van der Waals surface area contributed by atoms with Gasteiger partial charge >= 0.3 is 0 Å². The summed E-state index contributed by atoms with van der Waals surface area (Å²) in [5.41, 5.74) is 4.11. The topological polar surface area (TPSA) is 22.0 Å². The van der Waals surface area contributed by atoms with Gasteiger partial charge in [-0.3, -0.25) is 4.79 Å². The van der Waals surface area contributed by atoms with Crippen LogP contribution in [0.5, 0.6) is 0 Å². The standard InChI is InChI=1S/C21H21NOS/c1-3-10-22-19(13-15-9-11-24-21(15)22)20(23)18-12-14(4-2)16-7-5-6-8-17(16)18/h5-9,11-14H,3-4,10H2,1-2H3. The zero-order chi connectivity index (χ0) is 16.7. The van der Waals surface area contributed by atoms with E-state index in [0.29, 0.717) is 5.92 Å². The SMILES string of the molecule is CCCn1c(C(=O)C2=CC(CC)c3ccccc32)cc2ccsc21. The third-order valence-corrected chi connectivity index (χ3v) is 5.84. The van der Waals surface area contributed by atoms with Gasteiger partial charge < -0.3 is 4.57 Å². The van der Waals surface area contributed by atoms with Crippen molar-refractivity contribution in [3.05, 3.63) is 64.7 Å². The molecule has 1 unspecified atom stereocenters. The molecule has 0 saturated carbocycles. The van der Waals surface area contributed by atoms with Gasteiger partial charge in [0.15, 0.2) is 0 Å². The number of thiophene rings is 1. The summed E-state index contributed by atoms with van der Waals surface area (Å²) in [6, 6.07) is 12.5. The molecule has 2 nitrogen and oxygen atoms in total. The number of benzene rings is 1. The van der Waals surface area contributed by atoms with Crippen molar-refractivity contribution < 1.29 is 4.79 Å². The first-order valence-electron chi connectivity index (χ1n) is 8.67. The van der Waals surface area contributed by atoms with Gasteiger partial charge in [0.2, 0.25) is 5.78 Å². The maximum atomic E-state index is 13.3. The molecule has 1 aromatic carbocycles. The summed E-state index contributed by atoms with van der Waals surface area (Å²) in [5.74, 6) is 0.520. The summed E-state index contributed by atoms with van der Waals surface area (Å²) in [6.45, 7) is 5.23. The molecule has 3 aromatic rings. The first-order chi connectivity index (χ1) is 11.7. The fourth-order valence-corrected chi connectivity index (χ4v) is 4.65. The van der Waals surface area contributed by atoms with Crippen molar-refractivity contribution in [2.75, 3.05) is 0 Å². The number of fused-ring (bicyclic) bond motifs is 2. The highest BCUT2D eigenvalue weighted by atomic mass is 32.1. The van der Waals surface area contributed by atoms with Crippen LogP contribution in [0.15, 0.2) is 47.9 Å². The Morgan fingerprint density at radius 3 is 2.83 bits per heavy atom. The molecule has 2 heterocycles. The number of carbonyl (C=O) groups is 1. The number of allylic oxidation sites excluding steroid dienone is 2. The van der Waals surface area contributed by atoms with Crippen LogP contribution in [0.1, 0.15) is 54.2 Å². The predicted octanol–water partition coefficient (Wildman–Crippen LogP) is 5.89. The van der Waals surface area contributed by atoms with Gasteiger partial charge in [-0.1, -0.05) is 44.2 Å². The molecule has 0 aliphatic heterocycles. The molecule has 0 bridgehead atoms. The lowest BCUT2D eigenvalue weighted by molar-refractivity contribution is 0.104. The summed E-state index contributed by atoms with van der Waals surface area (Å²) in [7, 11) is 0. The van der Waals surface area contributed by atoms with Crippen molar-refractivity contribution in [2.45, 2.75) is 39.2 Å². The lowest BCUT2D eigenvalue weighted by Gasteiger charge is -2.10. The molecule has 0 fully saturated rings. The summed E-state index contributed by atoms with van der Waals surface area (Å²) >= 11 is 1.72. The molecule has 1 aliphatic rings. The molecule has 3 heteroatoms. The van der Waals surface area contributed by atoms with Crippen molar-refractivity contribution in [2.24, 2.45) is 0 Å². The molecule has 24 heavy (non-hydrogen) atoms. The van der Waals surface area contributed by atoms with Crippen molar-refractivity contribution >= 4 is 32.9 Å². The van der Waals surface area contributed by atoms with Gasteiger partial charge in [-0.05, 0) is 41.5 Å². The van der Waals surface area contributed by atoms with Crippen LogP contribution in [0.2, 0.25) is 0 Å². The maximum absolute atomic E-state index is 13.3. The average molecular weight is 335 g/mol. The van der Waals surface area contributed by atoms with E-state index in [1.807, 2.05) is 6.07 Å². The van der Waals surface area contributed by atoms with Crippen LogP contribution < -0.4 is 0 Å². The van der Waals surface area contributed by atoms with Crippen LogP contribution in [0.4, 0.5) is 0 Å². The maximum Gasteiger partial charge on any atom is 0.209 e. The van der Waals surface area contributed by atoms with E-state index in [2.05, 4.69) is 60.2 Å². The summed E-state index contributed by atoms with van der Waals surface area (Å²) in [6.07, 6.45) is 4.22. The van der Waals surface area contributed by atoms with Crippen molar-refractivity contribution in [3.63, 3.8) is 0 Å². The normalized spacial score (nSPS) is 16.4. The predicted molar refractivity (Wildman–Crippen MR) is 102 cm³/mol. The van der Waals surface area contributed by atoms with E-state index in [0.717, 1.165) is 36.2 Å². The fraction of sp³-hybridized carbons (Fsp3) is 0.286. The Morgan fingerprint density at radius 2 is 2.04 bits per heavy atom. The highest BCUT2D eigenvalue weighted by molar-refractivity contribution is 7.16. The van der Waals surface area contributed by atoms with Crippen LogP contribution in [-0.2, 0) is 6.54 Å². The number of aryl methyl sites for hydroxylation is 1. The lowest BCUT2D eigenvalue weighted by Crippen LogP contribution is -2.10. The number of rotatable bonds is 5. The Bertz CT molecular complexity index is 944. The van der Waals surface area contributed by atoms with Crippen LogP contribution in [0, 0.1) is 0 Å². The minimum atomic E-state index is 0.162. The van der Waals surface area contributed by atoms with Gasteiger partial charge in [0.1, 0.15) is 4.83 Å². The van der Waals surface area contributed by atoms with Gasteiger partial charge in [-0.25, -0.2) is 0 Å². The Kier molecular flexibility index (Phi) is 3.89. The van der Waals surface area contributed by atoms with E-state index in [-0.39, 0.29) is 5.78 Å². The van der Waals surface area contributed by atoms with Crippen LogP contribution in [0.3, 0.4) is 0 Å². The van der Waals surface area contributed by atoms with Crippen LogP contribution in [-0.4, -0.2) is 10.4 Å². The molecular formula is C21H21NOS. The Balaban J connectivity index is 1.82. The number of hydrogen-bond acceptors (Lipinski definition) is 2. The van der Waals surface area contributed by atoms with E-state index < -0.39 is 0 Å². The first-order valence-corrected chi connectivity index (χ1v) is 9.55. The third-order valence-electron chi connectivity index (χ3n) is 4.88. The number of nitrogens with zero attached hydrogens (tertiary/aromatic N) is 1. The summed E-state index contributed by atoms with van der Waals surface area (Å²) < 4.78 is 2.20. The number of ketones is 1. The zero-order valence-corrected chi connectivity index (χ0v) is 14.9. The van der Waals surface area contributed by atoms with E-state index in [4.69, 9.17) is 0 Å². The molecule has 0 radical (unpaired) electrons. The van der Waals surface area contributed by atoms with Crippen molar-refractivity contribution in [3.8, 4) is 0 Å². The minimum Gasteiger partial charge on any atom is -0.330 e. The zero-order valence-electron chi connectivity index (χ0n) is 14.1. The second-order valence-corrected chi connectivity index (χ2v) is 7.27. The Morgan fingerprint density at radius 1 is 1.21 bits per heavy atom. The van der Waals surface area contributed by atoms with Crippen LogP contribution in [0.25, 0.3) is 15.8 Å². The van der Waals surface area contributed by atoms with Gasteiger partial charge in [0.05, 0.1) is 5.69 Å². The van der Waals surface area contributed by atoms with Gasteiger partial charge in [-0.15, -0.1) is 11.3 Å². The largest absolute Gasteiger partial charge is 0.330 e. The van der Waals surface area contributed by atoms with Crippen molar-refractivity contribution in [1.82, 2.24) is 4.57 Å². The highest BCUT2D eigenvalue weighted by Crippen LogP contribution is 2.40. The smallest absolute Gasteiger partial charge is 0.209 e. The molecule has 0 spiro atoms. The molecular weight excluding hydrogens is 314 g/mol. The monoisotopic (exact) mass is 335 g/mol. The van der Waals surface area contributed by atoms with E-state index in [1.165, 1.54) is 15.8 Å². The average Bonchev–Trinajstić information content (AvgIpc) is 3.28. The second-order valence-electron chi connectivity index (χ2n) is 6.37. The highest BCUT2D eigenvalue weighted by Gasteiger charge is 2.28. The number of Topliss-reactive ketones (excluding diaryl/α,β-unsaturated/α-hetero) is 1. The molecule has 2 aromatic heterocycles. The molecule has 0 amide bonds. The summed E-state index contributed by atoms with van der Waals surface area (Å²) in [5, 5.41) is 3.28. The number of aromatic nitrogens is 1. The molecule has 0 N–H and O–H groups in total. The lowest BCUT2D eigenvalue weighted by atomic mass is 9.97. The fourth-order valence-electron chi connectivity index (χ4n) is 3.73. The Hall–Kier alpha value is -2.13. The van der Waals surface area contributed by atoms with E-state index in [1.54, 1.807) is 11.3 Å². The number of hydrogen-bond donors (Lipinski definition) is 0. The molecule has 1 atom stereocenters. The minimum absolute atomic E-state index is 0.162. The Labute approximate surface area is 146 Å². The second kappa shape index (κ2) is 6.06. The molecule has 1 aliphatic carbocycles. The van der Waals surface area contributed by atoms with Gasteiger partial charge in [0.25, 0.3) is 0 Å². The van der Waals surface area contributed by atoms with E-state index >= 15 is 0 Å². The third kappa shape index (κ3) is 2.27. The molecule has 4 rings (SSSR count). The van der Waals surface area contributed by atoms with Crippen molar-refractivity contribution in [1.29, 1.82) is 0 Å².